The van der Waals surface area contributed by atoms with Crippen LogP contribution in [0, 0.1) is 0 Å². The van der Waals surface area contributed by atoms with Crippen molar-refractivity contribution in [1.29, 1.82) is 0 Å². The number of carbonyl (C=O) groups is 2. The van der Waals surface area contributed by atoms with Crippen molar-refractivity contribution in [3.63, 3.8) is 0 Å². The molecule has 1 aliphatic carbocycles. The number of hydrogen-bond donors (Lipinski definition) is 1. The molecule has 0 saturated carbocycles. The molecule has 3 heterocycles. The molecule has 1 N–H and O–H groups in total. The van der Waals surface area contributed by atoms with E-state index in [0.717, 1.165) is 29.7 Å². The van der Waals surface area contributed by atoms with E-state index in [1.165, 1.54) is 39.0 Å². The normalized spacial score (nSPS) is 12.9. The van der Waals surface area contributed by atoms with Gasteiger partial charge in [-0.1, -0.05) is 11.8 Å². The third kappa shape index (κ3) is 3.84. The monoisotopic (exact) mass is 449 g/mol. The van der Waals surface area contributed by atoms with Gasteiger partial charge < -0.3 is 10.1 Å². The first kappa shape index (κ1) is 20.1. The van der Waals surface area contributed by atoms with Gasteiger partial charge in [-0.3, -0.25) is 14.2 Å². The second kappa shape index (κ2) is 8.29. The van der Waals surface area contributed by atoms with Crippen LogP contribution in [0.25, 0.3) is 10.2 Å². The maximum atomic E-state index is 12.6. The Bertz CT molecular complexity index is 1160. The Morgan fingerprint density at radius 2 is 2.21 bits per heavy atom. The van der Waals surface area contributed by atoms with Gasteiger partial charge in [0.15, 0.2) is 5.16 Å². The zero-order valence-electron chi connectivity index (χ0n) is 15.9. The van der Waals surface area contributed by atoms with Crippen molar-refractivity contribution in [3.05, 3.63) is 37.8 Å². The van der Waals surface area contributed by atoms with Gasteiger partial charge in [0.1, 0.15) is 9.83 Å². The van der Waals surface area contributed by atoms with E-state index < -0.39 is 0 Å². The predicted molar refractivity (Wildman–Crippen MR) is 117 cm³/mol. The summed E-state index contributed by atoms with van der Waals surface area (Å²) in [6, 6.07) is 1.75. The summed E-state index contributed by atoms with van der Waals surface area (Å²) in [6.45, 7) is 2.05. The molecule has 0 unspecified atom stereocenters. The van der Waals surface area contributed by atoms with E-state index >= 15 is 0 Å². The van der Waals surface area contributed by atoms with E-state index in [-0.39, 0.29) is 29.8 Å². The SMILES string of the molecule is CCOC(=O)c1c(NC(=O)CSc2nc3sccc3c(=O)n2C)sc2c1CCC2. The summed E-state index contributed by atoms with van der Waals surface area (Å²) in [6.07, 6.45) is 2.77. The minimum absolute atomic E-state index is 0.0853. The number of ether oxygens (including phenoxy) is 1. The van der Waals surface area contributed by atoms with E-state index in [2.05, 4.69) is 10.3 Å². The standard InChI is InChI=1S/C19H19N3O4S3/c1-3-26-18(25)14-10-5-4-6-12(10)29-16(14)20-13(23)9-28-19-21-15-11(7-8-27-15)17(24)22(19)2/h7-8H,3-6,9H2,1-2H3,(H,20,23). The Balaban J connectivity index is 1.50. The maximum absolute atomic E-state index is 12.6. The Hall–Kier alpha value is -2.17. The van der Waals surface area contributed by atoms with Gasteiger partial charge in [0, 0.05) is 11.9 Å². The molecule has 0 aliphatic heterocycles. The minimum Gasteiger partial charge on any atom is -0.462 e. The molecule has 10 heteroatoms. The Kier molecular flexibility index (Phi) is 5.75. The first-order chi connectivity index (χ1) is 14.0. The molecule has 3 aromatic rings. The number of carbonyl (C=O) groups excluding carboxylic acids is 2. The number of esters is 1. The third-order valence-corrected chi connectivity index (χ3v) is 7.69. The highest BCUT2D eigenvalue weighted by Crippen LogP contribution is 2.39. The van der Waals surface area contributed by atoms with Gasteiger partial charge in [-0.05, 0) is 43.2 Å². The summed E-state index contributed by atoms with van der Waals surface area (Å²) < 4.78 is 6.64. The van der Waals surface area contributed by atoms with Crippen molar-refractivity contribution in [1.82, 2.24) is 9.55 Å². The average Bonchev–Trinajstić information content (AvgIpc) is 3.39. The molecule has 29 heavy (non-hydrogen) atoms. The largest absolute Gasteiger partial charge is 0.462 e. The van der Waals surface area contributed by atoms with Crippen LogP contribution in [-0.4, -0.2) is 33.8 Å². The number of fused-ring (bicyclic) bond motifs is 2. The zero-order valence-corrected chi connectivity index (χ0v) is 18.4. The van der Waals surface area contributed by atoms with Crippen LogP contribution in [0.5, 0.6) is 0 Å². The molecule has 0 spiro atoms. The molecular formula is C19H19N3O4S3. The predicted octanol–water partition coefficient (Wildman–Crippen LogP) is 3.45. The fourth-order valence-corrected chi connectivity index (χ4v) is 6.18. The fourth-order valence-electron chi connectivity index (χ4n) is 3.31. The number of thiophene rings is 2. The number of nitrogens with zero attached hydrogens (tertiary/aromatic N) is 2. The molecule has 0 bridgehead atoms. The number of amides is 1. The fraction of sp³-hybridized carbons (Fsp3) is 0.368. The van der Waals surface area contributed by atoms with E-state index in [9.17, 15) is 14.4 Å². The second-order valence-electron chi connectivity index (χ2n) is 6.52. The van der Waals surface area contributed by atoms with Crippen LogP contribution in [-0.2, 0) is 29.4 Å². The average molecular weight is 450 g/mol. The first-order valence-corrected chi connectivity index (χ1v) is 11.9. The lowest BCUT2D eigenvalue weighted by Gasteiger charge is -2.09. The molecule has 0 saturated heterocycles. The number of aryl methyl sites for hydroxylation is 1. The van der Waals surface area contributed by atoms with Gasteiger partial charge in [0.05, 0.1) is 23.3 Å². The zero-order chi connectivity index (χ0) is 20.5. The summed E-state index contributed by atoms with van der Waals surface area (Å²) in [4.78, 5) is 43.6. The van der Waals surface area contributed by atoms with Crippen molar-refractivity contribution in [3.8, 4) is 0 Å². The van der Waals surface area contributed by atoms with Crippen molar-refractivity contribution < 1.29 is 14.3 Å². The van der Waals surface area contributed by atoms with Gasteiger partial charge >= 0.3 is 5.97 Å². The highest BCUT2D eigenvalue weighted by atomic mass is 32.2. The molecule has 4 rings (SSSR count). The minimum atomic E-state index is -0.387. The molecular weight excluding hydrogens is 430 g/mol. The maximum Gasteiger partial charge on any atom is 0.341 e. The van der Waals surface area contributed by atoms with Crippen LogP contribution in [0.3, 0.4) is 0 Å². The topological polar surface area (TPSA) is 90.3 Å². The lowest BCUT2D eigenvalue weighted by Crippen LogP contribution is -2.21. The van der Waals surface area contributed by atoms with E-state index in [1.807, 2.05) is 5.38 Å². The van der Waals surface area contributed by atoms with Gasteiger partial charge in [0.2, 0.25) is 5.91 Å². The van der Waals surface area contributed by atoms with Crippen molar-refractivity contribution in [2.24, 2.45) is 7.05 Å². The van der Waals surface area contributed by atoms with Crippen molar-refractivity contribution in [2.75, 3.05) is 17.7 Å². The van der Waals surface area contributed by atoms with Gasteiger partial charge in [-0.25, -0.2) is 9.78 Å². The van der Waals surface area contributed by atoms with E-state index in [0.29, 0.717) is 25.9 Å². The van der Waals surface area contributed by atoms with E-state index in [1.54, 1.807) is 20.0 Å². The molecule has 152 valence electrons. The number of hydrogen-bond acceptors (Lipinski definition) is 8. The molecule has 0 fully saturated rings. The lowest BCUT2D eigenvalue weighted by atomic mass is 10.1. The molecule has 0 atom stereocenters. The van der Waals surface area contributed by atoms with Gasteiger partial charge in [-0.15, -0.1) is 22.7 Å². The van der Waals surface area contributed by atoms with E-state index in [4.69, 9.17) is 4.74 Å². The van der Waals surface area contributed by atoms with Crippen LogP contribution in [0.4, 0.5) is 5.00 Å². The van der Waals surface area contributed by atoms with Gasteiger partial charge in [0.25, 0.3) is 5.56 Å². The van der Waals surface area contributed by atoms with Crippen LogP contribution < -0.4 is 10.9 Å². The molecule has 0 radical (unpaired) electrons. The summed E-state index contributed by atoms with van der Waals surface area (Å²) in [7, 11) is 1.65. The number of aromatic nitrogens is 2. The Labute approximate surface area is 179 Å². The highest BCUT2D eigenvalue weighted by molar-refractivity contribution is 7.99. The molecule has 1 aliphatic rings. The smallest absolute Gasteiger partial charge is 0.341 e. The number of thioether (sulfide) groups is 1. The van der Waals surface area contributed by atoms with Crippen molar-refractivity contribution in [2.45, 2.75) is 31.3 Å². The molecule has 3 aromatic heterocycles. The van der Waals surface area contributed by atoms with Crippen LogP contribution in [0.2, 0.25) is 0 Å². The molecule has 0 aromatic carbocycles. The number of nitrogens with one attached hydrogen (secondary N) is 1. The molecule has 7 nitrogen and oxygen atoms in total. The summed E-state index contributed by atoms with van der Waals surface area (Å²) in [5.41, 5.74) is 1.37. The second-order valence-corrected chi connectivity index (χ2v) is 9.46. The van der Waals surface area contributed by atoms with Crippen LogP contribution >= 0.6 is 34.4 Å². The summed E-state index contributed by atoms with van der Waals surface area (Å²) >= 11 is 4.04. The van der Waals surface area contributed by atoms with Crippen LogP contribution in [0.1, 0.15) is 34.1 Å². The highest BCUT2D eigenvalue weighted by Gasteiger charge is 2.28. The van der Waals surface area contributed by atoms with Crippen LogP contribution in [0.15, 0.2) is 21.4 Å². The third-order valence-electron chi connectivity index (χ3n) is 4.65. The number of anilines is 1. The lowest BCUT2D eigenvalue weighted by molar-refractivity contribution is -0.113. The Morgan fingerprint density at radius 1 is 1.38 bits per heavy atom. The summed E-state index contributed by atoms with van der Waals surface area (Å²) in [5, 5.41) is 6.31. The summed E-state index contributed by atoms with van der Waals surface area (Å²) in [5.74, 6) is -0.551. The first-order valence-electron chi connectivity index (χ1n) is 9.18. The van der Waals surface area contributed by atoms with Gasteiger partial charge in [-0.2, -0.15) is 0 Å². The number of rotatable bonds is 6. The molecule has 1 amide bonds. The quantitative estimate of drug-likeness (QED) is 0.352. The van der Waals surface area contributed by atoms with Crippen molar-refractivity contribution >= 4 is 61.5 Å². The Morgan fingerprint density at radius 3 is 3.00 bits per heavy atom.